The fourth-order valence-corrected chi connectivity index (χ4v) is 2.01. The Morgan fingerprint density at radius 1 is 1.17 bits per heavy atom. The fraction of sp³-hybridized carbons (Fsp3) is 0.0625. The molecule has 2 aromatic rings. The van der Waals surface area contributed by atoms with Gasteiger partial charge in [0, 0.05) is 0 Å². The maximum Gasteiger partial charge on any atom is 0.345 e. The molecule has 0 aliphatic rings. The monoisotopic (exact) mass is 346 g/mol. The molecule has 0 radical (unpaired) electrons. The zero-order chi connectivity index (χ0) is 17.5. The third kappa shape index (κ3) is 4.47. The molecule has 24 heavy (non-hydrogen) atoms. The molecule has 0 aromatic heterocycles. The van der Waals surface area contributed by atoms with Crippen LogP contribution in [-0.2, 0) is 0 Å². The maximum atomic E-state index is 12.2. The first-order valence-electron chi connectivity index (χ1n) is 6.78. The van der Waals surface area contributed by atoms with E-state index in [2.05, 4.69) is 10.2 Å². The van der Waals surface area contributed by atoms with Crippen molar-refractivity contribution < 1.29 is 14.3 Å². The van der Waals surface area contributed by atoms with Crippen molar-refractivity contribution >= 4 is 29.7 Å². The molecule has 7 nitrogen and oxygen atoms in total. The number of nitrogens with two attached hydrogens (primary N) is 2. The van der Waals surface area contributed by atoms with Crippen LogP contribution in [0.5, 0.6) is 11.5 Å². The van der Waals surface area contributed by atoms with Crippen molar-refractivity contribution in [1.29, 1.82) is 0 Å². The molecule has 0 atom stereocenters. The highest BCUT2D eigenvalue weighted by Gasteiger charge is 2.15. The molecule has 0 unspecified atom stereocenters. The van der Waals surface area contributed by atoms with Gasteiger partial charge in [0.05, 0.1) is 23.9 Å². The first-order chi connectivity index (χ1) is 11.5. The zero-order valence-corrected chi connectivity index (χ0v) is 13.5. The van der Waals surface area contributed by atoms with Crippen molar-refractivity contribution in [3.05, 3.63) is 58.6 Å². The molecule has 0 aliphatic carbocycles. The van der Waals surface area contributed by atoms with E-state index in [1.165, 1.54) is 13.3 Å². The van der Waals surface area contributed by atoms with Gasteiger partial charge in [-0.25, -0.2) is 4.79 Å². The molecule has 0 saturated carbocycles. The molecular weight excluding hydrogens is 332 g/mol. The van der Waals surface area contributed by atoms with E-state index >= 15 is 0 Å². The molecule has 0 aliphatic heterocycles. The van der Waals surface area contributed by atoms with Gasteiger partial charge in [0.1, 0.15) is 0 Å². The summed E-state index contributed by atoms with van der Waals surface area (Å²) in [5.41, 5.74) is 11.3. The van der Waals surface area contributed by atoms with Crippen molar-refractivity contribution in [1.82, 2.24) is 0 Å². The first-order valence-corrected chi connectivity index (χ1v) is 7.15. The lowest BCUT2D eigenvalue weighted by Gasteiger charge is -2.10. The summed E-state index contributed by atoms with van der Waals surface area (Å²) >= 11 is 5.98. The molecule has 0 spiro atoms. The van der Waals surface area contributed by atoms with Crippen LogP contribution in [0.25, 0.3) is 0 Å². The van der Waals surface area contributed by atoms with E-state index in [-0.39, 0.29) is 17.3 Å². The van der Waals surface area contributed by atoms with Gasteiger partial charge in [0.15, 0.2) is 11.5 Å². The molecular formula is C16H15ClN4O3. The Balaban J connectivity index is 2.22. The van der Waals surface area contributed by atoms with Crippen LogP contribution in [0.3, 0.4) is 0 Å². The summed E-state index contributed by atoms with van der Waals surface area (Å²) in [4.78, 5) is 12.2. The highest BCUT2D eigenvalue weighted by Crippen LogP contribution is 2.29. The molecule has 4 N–H and O–H groups in total. The van der Waals surface area contributed by atoms with Gasteiger partial charge >= 0.3 is 5.97 Å². The molecule has 0 fully saturated rings. The Hall–Kier alpha value is -3.06. The summed E-state index contributed by atoms with van der Waals surface area (Å²) in [6.45, 7) is 0. The average Bonchev–Trinajstić information content (AvgIpc) is 2.56. The molecule has 8 heteroatoms. The third-order valence-electron chi connectivity index (χ3n) is 2.86. The van der Waals surface area contributed by atoms with E-state index in [9.17, 15) is 4.79 Å². The number of carbonyl (C=O) groups excluding carboxylic acids is 1. The SMILES string of the molecule is COc1cc(/C=N\N=C(N)N)ccc1OC(=O)c1ccccc1Cl. The van der Waals surface area contributed by atoms with E-state index in [1.54, 1.807) is 42.5 Å². The molecule has 124 valence electrons. The molecule has 0 bridgehead atoms. The van der Waals surface area contributed by atoms with Gasteiger partial charge in [-0.2, -0.15) is 5.10 Å². The van der Waals surface area contributed by atoms with Crippen molar-refractivity contribution in [2.24, 2.45) is 21.7 Å². The number of esters is 1. The van der Waals surface area contributed by atoms with Gasteiger partial charge in [-0.3, -0.25) is 0 Å². The van der Waals surface area contributed by atoms with Crippen LogP contribution < -0.4 is 20.9 Å². The van der Waals surface area contributed by atoms with E-state index in [0.29, 0.717) is 16.3 Å². The normalized spacial score (nSPS) is 10.4. The average molecular weight is 347 g/mol. The van der Waals surface area contributed by atoms with Gasteiger partial charge in [-0.1, -0.05) is 23.7 Å². The zero-order valence-electron chi connectivity index (χ0n) is 12.8. The molecule has 0 amide bonds. The van der Waals surface area contributed by atoms with Crippen LogP contribution in [-0.4, -0.2) is 25.3 Å². The number of nitrogens with zero attached hydrogens (tertiary/aromatic N) is 2. The third-order valence-corrected chi connectivity index (χ3v) is 3.19. The Kier molecular flexibility index (Phi) is 5.75. The maximum absolute atomic E-state index is 12.2. The van der Waals surface area contributed by atoms with Crippen LogP contribution in [0, 0.1) is 0 Å². The van der Waals surface area contributed by atoms with Crippen molar-refractivity contribution in [3.63, 3.8) is 0 Å². The minimum atomic E-state index is -0.583. The smallest absolute Gasteiger partial charge is 0.345 e. The first kappa shape index (κ1) is 17.3. The van der Waals surface area contributed by atoms with Crippen LogP contribution in [0.1, 0.15) is 15.9 Å². The topological polar surface area (TPSA) is 112 Å². The Morgan fingerprint density at radius 2 is 1.92 bits per heavy atom. The predicted molar refractivity (Wildman–Crippen MR) is 92.8 cm³/mol. The minimum Gasteiger partial charge on any atom is -0.493 e. The number of carbonyl (C=O) groups is 1. The summed E-state index contributed by atoms with van der Waals surface area (Å²) in [6.07, 6.45) is 1.43. The summed E-state index contributed by atoms with van der Waals surface area (Å²) in [5.74, 6) is -0.130. The lowest BCUT2D eigenvalue weighted by Crippen LogP contribution is -2.21. The quantitative estimate of drug-likeness (QED) is 0.283. The summed E-state index contributed by atoms with van der Waals surface area (Å²) < 4.78 is 10.6. The van der Waals surface area contributed by atoms with Gasteiger partial charge in [0.25, 0.3) is 0 Å². The number of methoxy groups -OCH3 is 1. The van der Waals surface area contributed by atoms with E-state index in [4.69, 9.17) is 32.5 Å². The van der Waals surface area contributed by atoms with Crippen LogP contribution in [0.4, 0.5) is 0 Å². The summed E-state index contributed by atoms with van der Waals surface area (Å²) in [7, 11) is 1.46. The number of hydrogen-bond acceptors (Lipinski definition) is 5. The van der Waals surface area contributed by atoms with Gasteiger partial charge in [0.2, 0.25) is 5.96 Å². The highest BCUT2D eigenvalue weighted by molar-refractivity contribution is 6.33. The van der Waals surface area contributed by atoms with Crippen LogP contribution in [0.2, 0.25) is 5.02 Å². The molecule has 0 saturated heterocycles. The molecule has 0 heterocycles. The second-order valence-electron chi connectivity index (χ2n) is 4.55. The number of halogens is 1. The number of guanidine groups is 1. The standard InChI is InChI=1S/C16H15ClN4O3/c1-23-14-8-10(9-20-21-16(18)19)6-7-13(14)24-15(22)11-4-2-3-5-12(11)17/h2-9H,1H3,(H4,18,19,21)/b20-9-. The Bertz CT molecular complexity index is 802. The predicted octanol–water partition coefficient (Wildman–Crippen LogP) is 2.18. The lowest BCUT2D eigenvalue weighted by molar-refractivity contribution is 0.0730. The Labute approximate surface area is 143 Å². The Morgan fingerprint density at radius 3 is 2.58 bits per heavy atom. The van der Waals surface area contributed by atoms with E-state index in [1.807, 2.05) is 0 Å². The van der Waals surface area contributed by atoms with E-state index < -0.39 is 5.97 Å². The molecule has 2 rings (SSSR count). The highest BCUT2D eigenvalue weighted by atomic mass is 35.5. The van der Waals surface area contributed by atoms with Crippen LogP contribution in [0.15, 0.2) is 52.7 Å². The van der Waals surface area contributed by atoms with Crippen LogP contribution >= 0.6 is 11.6 Å². The fourth-order valence-electron chi connectivity index (χ4n) is 1.79. The van der Waals surface area contributed by atoms with Crippen molar-refractivity contribution in [3.8, 4) is 11.5 Å². The van der Waals surface area contributed by atoms with Crippen molar-refractivity contribution in [2.45, 2.75) is 0 Å². The second kappa shape index (κ2) is 7.98. The number of hydrogen-bond donors (Lipinski definition) is 2. The van der Waals surface area contributed by atoms with Gasteiger partial charge in [-0.05, 0) is 35.9 Å². The van der Waals surface area contributed by atoms with Gasteiger partial charge < -0.3 is 20.9 Å². The number of benzene rings is 2. The summed E-state index contributed by atoms with van der Waals surface area (Å²) in [5, 5.41) is 7.50. The minimum absolute atomic E-state index is 0.150. The second-order valence-corrected chi connectivity index (χ2v) is 4.96. The van der Waals surface area contributed by atoms with E-state index in [0.717, 1.165) is 0 Å². The number of ether oxygens (including phenoxy) is 2. The molecule has 2 aromatic carbocycles. The van der Waals surface area contributed by atoms with Gasteiger partial charge in [-0.15, -0.1) is 5.10 Å². The number of rotatable bonds is 5. The van der Waals surface area contributed by atoms with Crippen molar-refractivity contribution in [2.75, 3.05) is 7.11 Å². The summed E-state index contributed by atoms with van der Waals surface area (Å²) in [6, 6.07) is 11.5. The largest absolute Gasteiger partial charge is 0.493 e. The lowest BCUT2D eigenvalue weighted by atomic mass is 10.2.